The average Bonchev–Trinajstić information content (AvgIpc) is 2.97. The van der Waals surface area contributed by atoms with Crippen molar-refractivity contribution in [3.8, 4) is 0 Å². The molecule has 1 N–H and O–H groups in total. The summed E-state index contributed by atoms with van der Waals surface area (Å²) >= 11 is 5.82. The number of aromatic nitrogens is 4. The van der Waals surface area contributed by atoms with E-state index in [1.54, 1.807) is 21.8 Å². The van der Waals surface area contributed by atoms with Crippen LogP contribution in [0.4, 0.5) is 0 Å². The van der Waals surface area contributed by atoms with Gasteiger partial charge >= 0.3 is 0 Å². The topological polar surface area (TPSA) is 64.7 Å². The minimum Gasteiger partial charge on any atom is -0.349 e. The highest BCUT2D eigenvalue weighted by atomic mass is 35.5. The number of hydrogen-bond acceptors (Lipinski definition) is 3. The van der Waals surface area contributed by atoms with Gasteiger partial charge in [-0.15, -0.1) is 0 Å². The molecule has 0 aromatic carbocycles. The number of aryl methyl sites for hydroxylation is 1. The van der Waals surface area contributed by atoms with Gasteiger partial charge in [0.2, 0.25) is 5.91 Å². The maximum Gasteiger partial charge on any atom is 0.245 e. The first-order chi connectivity index (χ1) is 9.11. The summed E-state index contributed by atoms with van der Waals surface area (Å²) in [5.74, 6) is -0.0801. The Labute approximate surface area is 116 Å². The Kier molecular flexibility index (Phi) is 4.21. The highest BCUT2D eigenvalue weighted by molar-refractivity contribution is 6.30. The molecule has 0 aliphatic heterocycles. The van der Waals surface area contributed by atoms with Gasteiger partial charge in [0.25, 0.3) is 0 Å². The van der Waals surface area contributed by atoms with Crippen LogP contribution in [-0.2, 0) is 18.4 Å². The van der Waals surface area contributed by atoms with Crippen molar-refractivity contribution in [3.05, 3.63) is 35.4 Å². The Hall–Kier alpha value is -1.82. The van der Waals surface area contributed by atoms with Crippen LogP contribution in [0.2, 0.25) is 5.02 Å². The molecule has 1 atom stereocenters. The third-order valence-corrected chi connectivity index (χ3v) is 3.14. The molecule has 0 fully saturated rings. The lowest BCUT2D eigenvalue weighted by molar-refractivity contribution is -0.124. The predicted octanol–water partition coefficient (Wildman–Crippen LogP) is 1.54. The summed E-state index contributed by atoms with van der Waals surface area (Å²) in [6.07, 6.45) is 5.53. The van der Waals surface area contributed by atoms with Crippen LogP contribution >= 0.6 is 11.6 Å². The van der Waals surface area contributed by atoms with Gasteiger partial charge in [-0.05, 0) is 12.5 Å². The molecule has 1 unspecified atom stereocenters. The Balaban J connectivity index is 2.00. The lowest BCUT2D eigenvalue weighted by atomic mass is 10.2. The van der Waals surface area contributed by atoms with Gasteiger partial charge in [-0.3, -0.25) is 14.2 Å². The second-order valence-electron chi connectivity index (χ2n) is 4.23. The van der Waals surface area contributed by atoms with E-state index in [4.69, 9.17) is 11.6 Å². The standard InChI is InChI=1S/C12H16ClN5O/c1-3-11(18-8-9(13)6-16-18)12(19)14-7-10-4-5-15-17(10)2/h4-6,8,11H,3,7H2,1-2H3,(H,14,19). The minimum atomic E-state index is -0.347. The second-order valence-corrected chi connectivity index (χ2v) is 4.66. The zero-order valence-electron chi connectivity index (χ0n) is 10.9. The van der Waals surface area contributed by atoms with Gasteiger partial charge in [0.05, 0.1) is 23.5 Å². The van der Waals surface area contributed by atoms with E-state index < -0.39 is 0 Å². The molecule has 2 aromatic heterocycles. The van der Waals surface area contributed by atoms with Gasteiger partial charge in [-0.25, -0.2) is 0 Å². The molecule has 0 aliphatic rings. The van der Waals surface area contributed by atoms with Crippen molar-refractivity contribution >= 4 is 17.5 Å². The van der Waals surface area contributed by atoms with Gasteiger partial charge < -0.3 is 5.32 Å². The van der Waals surface area contributed by atoms with E-state index in [9.17, 15) is 4.79 Å². The molecular weight excluding hydrogens is 266 g/mol. The molecule has 0 spiro atoms. The zero-order chi connectivity index (χ0) is 13.8. The number of nitrogens with zero attached hydrogens (tertiary/aromatic N) is 4. The van der Waals surface area contributed by atoms with Crippen molar-refractivity contribution in [2.24, 2.45) is 7.05 Å². The predicted molar refractivity (Wildman–Crippen MR) is 71.6 cm³/mol. The summed E-state index contributed by atoms with van der Waals surface area (Å²) in [4.78, 5) is 12.1. The maximum absolute atomic E-state index is 12.1. The number of carbonyl (C=O) groups excluding carboxylic acids is 1. The van der Waals surface area contributed by atoms with Gasteiger partial charge in [0.15, 0.2) is 0 Å². The Morgan fingerprint density at radius 1 is 1.53 bits per heavy atom. The Morgan fingerprint density at radius 2 is 2.32 bits per heavy atom. The summed E-state index contributed by atoms with van der Waals surface area (Å²) in [5.41, 5.74) is 0.946. The zero-order valence-corrected chi connectivity index (χ0v) is 11.6. The molecule has 2 heterocycles. The number of nitrogens with one attached hydrogen (secondary N) is 1. The van der Waals surface area contributed by atoms with Crippen LogP contribution in [0.1, 0.15) is 25.1 Å². The highest BCUT2D eigenvalue weighted by Crippen LogP contribution is 2.14. The summed E-state index contributed by atoms with van der Waals surface area (Å²) in [6, 6.07) is 1.52. The fourth-order valence-electron chi connectivity index (χ4n) is 1.85. The normalized spacial score (nSPS) is 12.4. The first-order valence-electron chi connectivity index (χ1n) is 6.06. The lowest BCUT2D eigenvalue weighted by Gasteiger charge is -2.15. The third-order valence-electron chi connectivity index (χ3n) is 2.94. The van der Waals surface area contributed by atoms with Crippen molar-refractivity contribution in [2.75, 3.05) is 0 Å². The molecule has 2 rings (SSSR count). The molecule has 0 saturated carbocycles. The van der Waals surface area contributed by atoms with Crippen LogP contribution < -0.4 is 5.32 Å². The summed E-state index contributed by atoms with van der Waals surface area (Å²) < 4.78 is 3.31. The Bertz CT molecular complexity index is 562. The summed E-state index contributed by atoms with van der Waals surface area (Å²) in [6.45, 7) is 2.38. The molecule has 0 aliphatic carbocycles. The van der Waals surface area contributed by atoms with Crippen molar-refractivity contribution in [1.29, 1.82) is 0 Å². The first kappa shape index (κ1) is 13.6. The lowest BCUT2D eigenvalue weighted by Crippen LogP contribution is -2.32. The fraction of sp³-hybridized carbons (Fsp3) is 0.417. The molecule has 102 valence electrons. The van der Waals surface area contributed by atoms with Crippen LogP contribution in [0.15, 0.2) is 24.7 Å². The van der Waals surface area contributed by atoms with E-state index in [-0.39, 0.29) is 11.9 Å². The molecule has 1 amide bonds. The SMILES string of the molecule is CCC(C(=O)NCc1ccnn1C)n1cc(Cl)cn1. The van der Waals surface area contributed by atoms with Crippen LogP contribution in [-0.4, -0.2) is 25.5 Å². The largest absolute Gasteiger partial charge is 0.349 e. The smallest absolute Gasteiger partial charge is 0.245 e. The fourth-order valence-corrected chi connectivity index (χ4v) is 1.99. The number of amides is 1. The maximum atomic E-state index is 12.1. The third kappa shape index (κ3) is 3.14. The number of rotatable bonds is 5. The van der Waals surface area contributed by atoms with Crippen molar-refractivity contribution < 1.29 is 4.79 Å². The van der Waals surface area contributed by atoms with Crippen molar-refractivity contribution in [2.45, 2.75) is 25.9 Å². The van der Waals surface area contributed by atoms with Crippen LogP contribution in [0.3, 0.4) is 0 Å². The number of halogens is 1. The average molecular weight is 282 g/mol. The van der Waals surface area contributed by atoms with Crippen molar-refractivity contribution in [1.82, 2.24) is 24.9 Å². The summed E-state index contributed by atoms with van der Waals surface area (Å²) in [7, 11) is 1.84. The van der Waals surface area contributed by atoms with E-state index in [2.05, 4.69) is 15.5 Å². The monoisotopic (exact) mass is 281 g/mol. The van der Waals surface area contributed by atoms with E-state index in [0.29, 0.717) is 18.0 Å². The van der Waals surface area contributed by atoms with Crippen LogP contribution in [0.25, 0.3) is 0 Å². The Morgan fingerprint density at radius 3 is 2.84 bits per heavy atom. The molecule has 7 heteroatoms. The summed E-state index contributed by atoms with van der Waals surface area (Å²) in [5, 5.41) is 11.5. The highest BCUT2D eigenvalue weighted by Gasteiger charge is 2.19. The first-order valence-corrected chi connectivity index (χ1v) is 6.44. The molecule has 19 heavy (non-hydrogen) atoms. The van der Waals surface area contributed by atoms with E-state index >= 15 is 0 Å². The van der Waals surface area contributed by atoms with Crippen LogP contribution in [0.5, 0.6) is 0 Å². The van der Waals surface area contributed by atoms with E-state index in [1.165, 1.54) is 6.20 Å². The van der Waals surface area contributed by atoms with Crippen molar-refractivity contribution in [3.63, 3.8) is 0 Å². The van der Waals surface area contributed by atoms with Gasteiger partial charge in [0, 0.05) is 19.4 Å². The molecule has 0 saturated heterocycles. The number of carbonyl (C=O) groups is 1. The number of hydrogen-bond donors (Lipinski definition) is 1. The van der Waals surface area contributed by atoms with Gasteiger partial charge in [-0.1, -0.05) is 18.5 Å². The molecule has 0 bridgehead atoms. The van der Waals surface area contributed by atoms with E-state index in [1.807, 2.05) is 20.0 Å². The molecule has 6 nitrogen and oxygen atoms in total. The quantitative estimate of drug-likeness (QED) is 0.904. The molecule has 0 radical (unpaired) electrons. The minimum absolute atomic E-state index is 0.0801. The van der Waals surface area contributed by atoms with Gasteiger partial charge in [-0.2, -0.15) is 10.2 Å². The van der Waals surface area contributed by atoms with Gasteiger partial charge in [0.1, 0.15) is 6.04 Å². The van der Waals surface area contributed by atoms with E-state index in [0.717, 1.165) is 5.69 Å². The molecule has 2 aromatic rings. The molecular formula is C12H16ClN5O. The second kappa shape index (κ2) is 5.88. The van der Waals surface area contributed by atoms with Crippen LogP contribution in [0, 0.1) is 0 Å².